The maximum absolute atomic E-state index is 12.9. The van der Waals surface area contributed by atoms with E-state index in [1.807, 2.05) is 26.0 Å². The number of hydrogen-bond donors (Lipinski definition) is 2. The molecule has 2 aliphatic rings. The fourth-order valence-corrected chi connectivity index (χ4v) is 5.54. The predicted octanol–water partition coefficient (Wildman–Crippen LogP) is 2.67. The van der Waals surface area contributed by atoms with E-state index in [2.05, 4.69) is 15.5 Å². The minimum atomic E-state index is -3.40. The molecule has 1 saturated heterocycles. The zero-order chi connectivity index (χ0) is 23.1. The lowest BCUT2D eigenvalue weighted by molar-refractivity contribution is 0.0984. The minimum Gasteiger partial charge on any atom is -0.377 e. The summed E-state index contributed by atoms with van der Waals surface area (Å²) in [4.78, 5) is 23.4. The Kier molecular flexibility index (Phi) is 5.85. The monoisotopic (exact) mass is 459 g/mol. The van der Waals surface area contributed by atoms with Crippen molar-refractivity contribution < 1.29 is 17.9 Å². The molecule has 2 aromatic rings. The van der Waals surface area contributed by atoms with Gasteiger partial charge in [0.1, 0.15) is 10.6 Å². The van der Waals surface area contributed by atoms with Crippen molar-refractivity contribution in [2.75, 3.05) is 36.5 Å². The van der Waals surface area contributed by atoms with Crippen LogP contribution < -0.4 is 15.5 Å². The normalized spacial score (nSPS) is 21.1. The van der Waals surface area contributed by atoms with Gasteiger partial charge in [0, 0.05) is 29.9 Å². The van der Waals surface area contributed by atoms with Crippen LogP contribution in [0.4, 0.5) is 16.3 Å². The molecule has 2 amide bonds. The number of fused-ring (bicyclic) bond motifs is 1. The molecule has 32 heavy (non-hydrogen) atoms. The third-order valence-electron chi connectivity index (χ3n) is 6.05. The van der Waals surface area contributed by atoms with Crippen LogP contribution in [0.1, 0.15) is 39.0 Å². The van der Waals surface area contributed by atoms with E-state index in [0.717, 1.165) is 5.56 Å². The summed E-state index contributed by atoms with van der Waals surface area (Å²) in [6, 6.07) is 7.01. The number of hydrogen-bond acceptors (Lipinski definition) is 7. The summed E-state index contributed by atoms with van der Waals surface area (Å²) in [7, 11) is -3.40. The highest BCUT2D eigenvalue weighted by Crippen LogP contribution is 2.44. The number of carbonyl (C=O) groups excluding carboxylic acids is 1. The summed E-state index contributed by atoms with van der Waals surface area (Å²) in [5, 5.41) is 5.45. The van der Waals surface area contributed by atoms with E-state index in [1.54, 1.807) is 26.0 Å². The van der Waals surface area contributed by atoms with Crippen molar-refractivity contribution in [1.82, 2.24) is 15.3 Å². The smallest absolute Gasteiger partial charge is 0.319 e. The van der Waals surface area contributed by atoms with E-state index >= 15 is 0 Å². The molecule has 1 aromatic carbocycles. The van der Waals surface area contributed by atoms with E-state index in [0.29, 0.717) is 54.9 Å². The van der Waals surface area contributed by atoms with Gasteiger partial charge in [0.2, 0.25) is 0 Å². The Morgan fingerprint density at radius 1 is 1.25 bits per heavy atom. The van der Waals surface area contributed by atoms with E-state index < -0.39 is 14.6 Å². The van der Waals surface area contributed by atoms with E-state index in [1.165, 1.54) is 0 Å². The zero-order valence-corrected chi connectivity index (χ0v) is 19.6. The quantitative estimate of drug-likeness (QED) is 0.723. The van der Waals surface area contributed by atoms with Crippen molar-refractivity contribution >= 4 is 27.4 Å². The molecule has 0 radical (unpaired) electrons. The summed E-state index contributed by atoms with van der Waals surface area (Å²) in [5.74, 6) is 1.07. The second-order valence-electron chi connectivity index (χ2n) is 8.65. The molecule has 3 heterocycles. The van der Waals surface area contributed by atoms with Gasteiger partial charge in [0.25, 0.3) is 0 Å². The third kappa shape index (κ3) is 3.93. The average molecular weight is 460 g/mol. The van der Waals surface area contributed by atoms with Gasteiger partial charge < -0.3 is 20.3 Å². The number of anilines is 2. The number of rotatable bonds is 4. The Labute approximate surface area is 188 Å². The lowest BCUT2D eigenvalue weighted by atomic mass is 10.0. The summed E-state index contributed by atoms with van der Waals surface area (Å²) in [6.45, 7) is 9.60. The first kappa shape index (κ1) is 22.5. The number of amides is 2. The Morgan fingerprint density at radius 3 is 2.62 bits per heavy atom. The molecule has 10 heteroatoms. The lowest BCUT2D eigenvalue weighted by Gasteiger charge is -2.35. The van der Waals surface area contributed by atoms with Crippen LogP contribution in [0.2, 0.25) is 0 Å². The number of urea groups is 1. The predicted molar refractivity (Wildman–Crippen MR) is 123 cm³/mol. The second-order valence-corrected chi connectivity index (χ2v) is 11.2. The van der Waals surface area contributed by atoms with E-state index in [4.69, 9.17) is 14.7 Å². The molecule has 172 valence electrons. The van der Waals surface area contributed by atoms with Crippen molar-refractivity contribution in [2.45, 2.75) is 44.2 Å². The highest BCUT2D eigenvalue weighted by Gasteiger charge is 2.48. The van der Waals surface area contributed by atoms with Crippen LogP contribution in [0, 0.1) is 0 Å². The number of aromatic nitrogens is 2. The number of nitrogens with one attached hydrogen (secondary N) is 2. The van der Waals surface area contributed by atoms with Crippen molar-refractivity contribution in [3.8, 4) is 11.4 Å². The molecule has 0 saturated carbocycles. The molecule has 1 aromatic heterocycles. The number of nitrogens with zero attached hydrogens (tertiary/aromatic N) is 3. The summed E-state index contributed by atoms with van der Waals surface area (Å²) < 4.78 is 30.4. The first-order valence-corrected chi connectivity index (χ1v) is 12.4. The molecule has 1 fully saturated rings. The van der Waals surface area contributed by atoms with Gasteiger partial charge in [-0.05, 0) is 52.0 Å². The highest BCUT2D eigenvalue weighted by molar-refractivity contribution is 7.91. The number of ether oxygens (including phenoxy) is 1. The van der Waals surface area contributed by atoms with Gasteiger partial charge in [-0.25, -0.2) is 23.2 Å². The molecule has 4 rings (SSSR count). The van der Waals surface area contributed by atoms with E-state index in [-0.39, 0.29) is 17.8 Å². The van der Waals surface area contributed by atoms with Gasteiger partial charge in [0.15, 0.2) is 15.7 Å². The molecule has 1 atom stereocenters. The Hall–Kier alpha value is -2.72. The van der Waals surface area contributed by atoms with Crippen LogP contribution in [0.25, 0.3) is 11.4 Å². The fraction of sp³-hybridized carbons (Fsp3) is 0.500. The SMILES string of the molecule is CCNC(=O)Nc1ccc(-c2nc(N3CCOC[C@@H]3C)c3c(n2)C(C)(C)S(=O)(=O)C3)cc1. The molecule has 2 aliphatic heterocycles. The van der Waals surface area contributed by atoms with Crippen LogP contribution in [-0.4, -0.2) is 56.8 Å². The van der Waals surface area contributed by atoms with Gasteiger partial charge in [-0.1, -0.05) is 0 Å². The van der Waals surface area contributed by atoms with Gasteiger partial charge in [-0.2, -0.15) is 0 Å². The molecule has 0 aliphatic carbocycles. The fourth-order valence-electron chi connectivity index (χ4n) is 4.07. The second kappa shape index (κ2) is 8.32. The van der Waals surface area contributed by atoms with Gasteiger partial charge in [0.05, 0.1) is 30.7 Å². The van der Waals surface area contributed by atoms with Crippen molar-refractivity contribution in [2.24, 2.45) is 0 Å². The summed E-state index contributed by atoms with van der Waals surface area (Å²) in [5.41, 5.74) is 2.63. The minimum absolute atomic E-state index is 0.0651. The third-order valence-corrected chi connectivity index (χ3v) is 8.46. The molecule has 0 unspecified atom stereocenters. The van der Waals surface area contributed by atoms with Crippen molar-refractivity contribution in [3.63, 3.8) is 0 Å². The molecule has 9 nitrogen and oxygen atoms in total. The van der Waals surface area contributed by atoms with Crippen LogP contribution in [-0.2, 0) is 25.1 Å². The molecular formula is C22H29N5O4S. The largest absolute Gasteiger partial charge is 0.377 e. The average Bonchev–Trinajstić information content (AvgIpc) is 2.93. The standard InChI is InChI=1S/C22H29N5O4S/c1-5-23-21(28)24-16-8-6-15(7-9-16)19-25-18-17(13-32(29,30)22(18,3)4)20(26-19)27-10-11-31-12-14(27)2/h6-9,14H,5,10-13H2,1-4H3,(H2,23,24,28)/t14-/m0/s1. The van der Waals surface area contributed by atoms with Crippen molar-refractivity contribution in [1.29, 1.82) is 0 Å². The Morgan fingerprint density at radius 2 is 1.97 bits per heavy atom. The molecule has 2 N–H and O–H groups in total. The van der Waals surface area contributed by atoms with Crippen molar-refractivity contribution in [3.05, 3.63) is 35.5 Å². The van der Waals surface area contributed by atoms with Gasteiger partial charge in [-0.15, -0.1) is 0 Å². The first-order valence-electron chi connectivity index (χ1n) is 10.8. The zero-order valence-electron chi connectivity index (χ0n) is 18.8. The van der Waals surface area contributed by atoms with Gasteiger partial charge >= 0.3 is 6.03 Å². The van der Waals surface area contributed by atoms with Crippen LogP contribution in [0.3, 0.4) is 0 Å². The number of sulfone groups is 1. The molecule has 0 spiro atoms. The number of morpholine rings is 1. The summed E-state index contributed by atoms with van der Waals surface area (Å²) >= 11 is 0. The summed E-state index contributed by atoms with van der Waals surface area (Å²) in [6.07, 6.45) is 0. The van der Waals surface area contributed by atoms with Crippen LogP contribution in [0.5, 0.6) is 0 Å². The van der Waals surface area contributed by atoms with E-state index in [9.17, 15) is 13.2 Å². The number of carbonyl (C=O) groups is 1. The molecule has 0 bridgehead atoms. The Balaban J connectivity index is 1.77. The Bertz CT molecular complexity index is 1130. The van der Waals surface area contributed by atoms with Gasteiger partial charge in [-0.3, -0.25) is 0 Å². The topological polar surface area (TPSA) is 114 Å². The molecular weight excluding hydrogens is 430 g/mol. The maximum Gasteiger partial charge on any atom is 0.319 e. The van der Waals surface area contributed by atoms with Crippen LogP contribution >= 0.6 is 0 Å². The number of benzene rings is 1. The maximum atomic E-state index is 12.9. The lowest BCUT2D eigenvalue weighted by Crippen LogP contribution is -2.44. The van der Waals surface area contributed by atoms with Crippen LogP contribution in [0.15, 0.2) is 24.3 Å². The highest BCUT2D eigenvalue weighted by atomic mass is 32.2. The first-order chi connectivity index (χ1) is 15.1.